The molecule has 1 aromatic carbocycles. The summed E-state index contributed by atoms with van der Waals surface area (Å²) in [4.78, 5) is 20.6. The van der Waals surface area contributed by atoms with E-state index < -0.39 is 35.5 Å². The number of nitrogens with zero attached hydrogens (tertiary/aromatic N) is 4. The number of para-hydroxylation sites is 1. The van der Waals surface area contributed by atoms with Crippen molar-refractivity contribution >= 4 is 11.9 Å². The van der Waals surface area contributed by atoms with Gasteiger partial charge in [0, 0.05) is 35.3 Å². The molecule has 1 N–H and O–H groups in total. The van der Waals surface area contributed by atoms with E-state index in [4.69, 9.17) is 14.4 Å². The third kappa shape index (κ3) is 5.61. The molecule has 2 bridgehead atoms. The van der Waals surface area contributed by atoms with E-state index in [2.05, 4.69) is 19.9 Å². The van der Waals surface area contributed by atoms with Crippen molar-refractivity contribution in [3.8, 4) is 17.0 Å². The van der Waals surface area contributed by atoms with E-state index in [0.717, 1.165) is 12.8 Å². The van der Waals surface area contributed by atoms with Crippen molar-refractivity contribution in [3.63, 3.8) is 0 Å². The summed E-state index contributed by atoms with van der Waals surface area (Å²) >= 11 is 0. The zero-order valence-corrected chi connectivity index (χ0v) is 21.8. The summed E-state index contributed by atoms with van der Waals surface area (Å²) < 4.78 is 95.9. The molecule has 42 heavy (non-hydrogen) atoms. The number of hydrogen-bond acceptors (Lipinski definition) is 8. The first kappa shape index (κ1) is 28.2. The lowest BCUT2D eigenvalue weighted by atomic mass is 9.99. The molecule has 1 unspecified atom stereocenters. The maximum absolute atomic E-state index is 13.5. The fraction of sp³-hybridized carbons (Fsp3) is 0.481. The Labute approximate surface area is 234 Å². The number of carboxylic acid groups (broad SMARTS) is 1. The molecule has 3 aromatic rings. The molecule has 4 heterocycles. The van der Waals surface area contributed by atoms with E-state index >= 15 is 0 Å². The lowest BCUT2D eigenvalue weighted by Crippen LogP contribution is -2.46. The van der Waals surface area contributed by atoms with Crippen LogP contribution in [0.2, 0.25) is 0 Å². The number of rotatable bonds is 8. The van der Waals surface area contributed by atoms with Crippen LogP contribution in [0.1, 0.15) is 71.8 Å². The van der Waals surface area contributed by atoms with Crippen molar-refractivity contribution in [2.75, 3.05) is 4.90 Å². The normalized spacial score (nSPS) is 22.4. The Hall–Kier alpha value is -3.88. The van der Waals surface area contributed by atoms with Gasteiger partial charge in [-0.1, -0.05) is 17.3 Å². The smallest absolute Gasteiger partial charge is 0.478 e. The topological polar surface area (TPSA) is 111 Å². The van der Waals surface area contributed by atoms with Gasteiger partial charge in [-0.25, -0.2) is 14.8 Å². The third-order valence-corrected chi connectivity index (χ3v) is 7.79. The second-order valence-corrected chi connectivity index (χ2v) is 10.6. The van der Waals surface area contributed by atoms with Crippen LogP contribution in [0.5, 0.6) is 5.75 Å². The van der Waals surface area contributed by atoms with Crippen molar-refractivity contribution < 1.29 is 50.2 Å². The number of anilines is 1. The molecule has 9 nitrogen and oxygen atoms in total. The number of halogens is 6. The number of benzene rings is 1. The maximum atomic E-state index is 13.5. The van der Waals surface area contributed by atoms with Crippen LogP contribution in [0.15, 0.2) is 35.0 Å². The highest BCUT2D eigenvalue weighted by Crippen LogP contribution is 2.46. The fourth-order valence-corrected chi connectivity index (χ4v) is 5.88. The van der Waals surface area contributed by atoms with Crippen molar-refractivity contribution in [1.29, 1.82) is 0 Å². The van der Waals surface area contributed by atoms with Crippen LogP contribution in [0.3, 0.4) is 0 Å². The van der Waals surface area contributed by atoms with Gasteiger partial charge in [0.15, 0.2) is 5.69 Å². The molecule has 0 radical (unpaired) electrons. The van der Waals surface area contributed by atoms with Crippen LogP contribution in [0.25, 0.3) is 11.3 Å². The van der Waals surface area contributed by atoms with Gasteiger partial charge in [-0.2, -0.15) is 13.2 Å². The van der Waals surface area contributed by atoms with Gasteiger partial charge in [0.25, 0.3) is 0 Å². The SMILES string of the molecule is O=C(O)c1cnc(N2[C@@H]3CC[C@H]2CC(OCc2c(-c4ccccc4OC(F)(F)F)noc2C2CC2)C3)nc1C(F)(F)F. The molecule has 3 aliphatic rings. The van der Waals surface area contributed by atoms with Crippen LogP contribution >= 0.6 is 0 Å². The molecule has 2 saturated heterocycles. The molecule has 6 rings (SSSR count). The largest absolute Gasteiger partial charge is 0.573 e. The van der Waals surface area contributed by atoms with E-state index in [0.29, 0.717) is 43.2 Å². The summed E-state index contributed by atoms with van der Waals surface area (Å²) in [6.45, 7) is 0.0111. The van der Waals surface area contributed by atoms with Crippen molar-refractivity contribution in [2.24, 2.45) is 0 Å². The van der Waals surface area contributed by atoms with Crippen molar-refractivity contribution in [3.05, 3.63) is 53.0 Å². The Kier molecular flexibility index (Phi) is 7.02. The van der Waals surface area contributed by atoms with Crippen molar-refractivity contribution in [1.82, 2.24) is 15.1 Å². The minimum atomic E-state index is -4.97. The molecule has 2 aliphatic heterocycles. The third-order valence-electron chi connectivity index (χ3n) is 7.79. The Morgan fingerprint density at radius 2 is 1.74 bits per heavy atom. The lowest BCUT2D eigenvalue weighted by molar-refractivity contribution is -0.274. The molecule has 0 spiro atoms. The zero-order valence-electron chi connectivity index (χ0n) is 21.8. The first-order valence-electron chi connectivity index (χ1n) is 13.3. The second kappa shape index (κ2) is 10.4. The van der Waals surface area contributed by atoms with E-state index in [1.165, 1.54) is 18.2 Å². The van der Waals surface area contributed by atoms with E-state index in [-0.39, 0.29) is 47.9 Å². The minimum absolute atomic E-state index is 0.0111. The van der Waals surface area contributed by atoms with E-state index in [9.17, 15) is 31.1 Å². The molecule has 1 aliphatic carbocycles. The highest BCUT2D eigenvalue weighted by Gasteiger charge is 2.45. The van der Waals surface area contributed by atoms with Gasteiger partial charge in [-0.15, -0.1) is 13.2 Å². The van der Waals surface area contributed by atoms with Crippen LogP contribution in [-0.2, 0) is 17.5 Å². The molecular weight excluding hydrogens is 574 g/mol. The van der Waals surface area contributed by atoms with Gasteiger partial charge in [-0.05, 0) is 50.7 Å². The monoisotopic (exact) mass is 598 g/mol. The average molecular weight is 599 g/mol. The number of aromatic carboxylic acids is 1. The van der Waals surface area contributed by atoms with Crippen LogP contribution in [-0.4, -0.2) is 50.8 Å². The minimum Gasteiger partial charge on any atom is -0.478 e. The molecule has 15 heteroatoms. The van der Waals surface area contributed by atoms with Gasteiger partial charge in [-0.3, -0.25) is 0 Å². The van der Waals surface area contributed by atoms with E-state index in [1.807, 2.05) is 0 Å². The molecular formula is C27H24F6N4O5. The van der Waals surface area contributed by atoms with Gasteiger partial charge in [0.05, 0.1) is 12.7 Å². The number of alkyl halides is 6. The summed E-state index contributed by atoms with van der Waals surface area (Å²) in [7, 11) is 0. The molecule has 224 valence electrons. The van der Waals surface area contributed by atoms with Gasteiger partial charge in [0.1, 0.15) is 22.8 Å². The number of fused-ring (bicyclic) bond motifs is 2. The van der Waals surface area contributed by atoms with Crippen LogP contribution in [0.4, 0.5) is 32.3 Å². The zero-order chi connectivity index (χ0) is 29.8. The quantitative estimate of drug-likeness (QED) is 0.297. The molecule has 3 atom stereocenters. The number of carboxylic acids is 1. The molecule has 3 fully saturated rings. The fourth-order valence-electron chi connectivity index (χ4n) is 5.88. The Morgan fingerprint density at radius 1 is 1.05 bits per heavy atom. The van der Waals surface area contributed by atoms with Crippen LogP contribution < -0.4 is 9.64 Å². The molecule has 2 aromatic heterocycles. The summed E-state index contributed by atoms with van der Waals surface area (Å²) in [6.07, 6.45) is -5.60. The number of carbonyl (C=O) groups is 1. The summed E-state index contributed by atoms with van der Waals surface area (Å²) in [5.74, 6) is -1.72. The number of aromatic nitrogens is 3. The number of piperidine rings is 1. The van der Waals surface area contributed by atoms with Gasteiger partial charge >= 0.3 is 18.5 Å². The van der Waals surface area contributed by atoms with Crippen LogP contribution in [0, 0.1) is 0 Å². The maximum Gasteiger partial charge on any atom is 0.573 e. The summed E-state index contributed by atoms with van der Waals surface area (Å²) in [6, 6.07) is 5.16. The highest BCUT2D eigenvalue weighted by atomic mass is 19.4. The Balaban J connectivity index is 1.21. The van der Waals surface area contributed by atoms with Gasteiger partial charge in [0.2, 0.25) is 5.95 Å². The number of hydrogen-bond donors (Lipinski definition) is 1. The molecule has 0 amide bonds. The molecule has 1 saturated carbocycles. The predicted molar refractivity (Wildman–Crippen MR) is 132 cm³/mol. The second-order valence-electron chi connectivity index (χ2n) is 10.6. The Morgan fingerprint density at radius 3 is 2.36 bits per heavy atom. The average Bonchev–Trinajstić information content (AvgIpc) is 3.62. The summed E-state index contributed by atoms with van der Waals surface area (Å²) in [5.41, 5.74) is -1.67. The number of ether oxygens (including phenoxy) is 2. The predicted octanol–water partition coefficient (Wildman–Crippen LogP) is 6.34. The van der Waals surface area contributed by atoms with E-state index in [1.54, 1.807) is 11.0 Å². The highest BCUT2D eigenvalue weighted by molar-refractivity contribution is 5.88. The standard InChI is InChI=1S/C27H24F6N4O5/c28-26(29,30)23-18(24(38)39)11-34-25(35-23)37-14-7-8-15(37)10-16(9-14)40-12-19-21(36-42-22(19)13-5-6-13)17-3-1-2-4-20(17)41-27(31,32)33/h1-4,11,13-16H,5-10,12H2,(H,38,39)/t14-,15+,16?. The first-order chi connectivity index (χ1) is 19.9. The van der Waals surface area contributed by atoms with Gasteiger partial charge < -0.3 is 24.0 Å². The van der Waals surface area contributed by atoms with Crippen molar-refractivity contribution in [2.45, 2.75) is 81.8 Å². The Bertz CT molecular complexity index is 1470. The first-order valence-corrected chi connectivity index (χ1v) is 13.3. The lowest BCUT2D eigenvalue weighted by Gasteiger charge is -2.39. The summed E-state index contributed by atoms with van der Waals surface area (Å²) in [5, 5.41) is 13.2.